The van der Waals surface area contributed by atoms with Crippen molar-refractivity contribution in [3.05, 3.63) is 59.8 Å². The molecular weight excluding hydrogens is 284 g/mol. The highest BCUT2D eigenvalue weighted by atomic mass is 16.5. The predicted octanol–water partition coefficient (Wildman–Crippen LogP) is 3.93. The summed E-state index contributed by atoms with van der Waals surface area (Å²) in [6, 6.07) is 17.6. The van der Waals surface area contributed by atoms with Gasteiger partial charge in [-0.15, -0.1) is 0 Å². The first-order valence-corrected chi connectivity index (χ1v) is 8.13. The molecule has 3 aromatic rings. The molecule has 3 heteroatoms. The van der Waals surface area contributed by atoms with Gasteiger partial charge in [0.2, 0.25) is 0 Å². The van der Waals surface area contributed by atoms with Gasteiger partial charge < -0.3 is 14.2 Å². The number of hydrogen-bond donors (Lipinski definition) is 0. The Morgan fingerprint density at radius 1 is 1.09 bits per heavy atom. The van der Waals surface area contributed by atoms with Crippen molar-refractivity contribution in [3.63, 3.8) is 0 Å². The van der Waals surface area contributed by atoms with Gasteiger partial charge in [0, 0.05) is 31.7 Å². The Balaban J connectivity index is 1.64. The number of hydrogen-bond acceptors (Lipinski definition) is 2. The van der Waals surface area contributed by atoms with E-state index < -0.39 is 0 Å². The molecule has 0 saturated heterocycles. The van der Waals surface area contributed by atoms with Crippen LogP contribution >= 0.6 is 0 Å². The molecule has 0 N–H and O–H groups in total. The molecule has 2 heterocycles. The molecule has 0 radical (unpaired) electrons. The van der Waals surface area contributed by atoms with Crippen LogP contribution in [0, 0.1) is 6.92 Å². The van der Waals surface area contributed by atoms with Gasteiger partial charge in [0.15, 0.2) is 0 Å². The molecule has 23 heavy (non-hydrogen) atoms. The SMILES string of the molecule is Cc1ccc2c(c1)OCC(Cc1cc3ccccc3n1C)N2C. The van der Waals surface area contributed by atoms with Crippen LogP contribution in [0.2, 0.25) is 0 Å². The van der Waals surface area contributed by atoms with E-state index in [1.54, 1.807) is 0 Å². The third kappa shape index (κ3) is 2.37. The van der Waals surface area contributed by atoms with Gasteiger partial charge in [-0.25, -0.2) is 0 Å². The Labute approximate surface area is 137 Å². The number of aryl methyl sites for hydroxylation is 2. The van der Waals surface area contributed by atoms with Gasteiger partial charge in [0.25, 0.3) is 0 Å². The zero-order valence-electron chi connectivity index (χ0n) is 13.9. The van der Waals surface area contributed by atoms with Crippen LogP contribution in [0.4, 0.5) is 5.69 Å². The van der Waals surface area contributed by atoms with Crippen molar-refractivity contribution in [2.24, 2.45) is 7.05 Å². The second kappa shape index (κ2) is 5.34. The predicted molar refractivity (Wildman–Crippen MR) is 95.5 cm³/mol. The third-order valence-electron chi connectivity index (χ3n) is 4.97. The first-order chi connectivity index (χ1) is 11.1. The van der Waals surface area contributed by atoms with Crippen molar-refractivity contribution in [2.75, 3.05) is 18.6 Å². The van der Waals surface area contributed by atoms with Gasteiger partial charge in [-0.2, -0.15) is 0 Å². The van der Waals surface area contributed by atoms with Crippen LogP contribution in [-0.2, 0) is 13.5 Å². The molecule has 2 aromatic carbocycles. The third-order valence-corrected chi connectivity index (χ3v) is 4.97. The number of nitrogens with zero attached hydrogens (tertiary/aromatic N) is 2. The summed E-state index contributed by atoms with van der Waals surface area (Å²) in [6.45, 7) is 2.83. The van der Waals surface area contributed by atoms with Crippen molar-refractivity contribution in [3.8, 4) is 5.75 Å². The van der Waals surface area contributed by atoms with Crippen LogP contribution in [0.3, 0.4) is 0 Å². The quantitative estimate of drug-likeness (QED) is 0.714. The van der Waals surface area contributed by atoms with Crippen LogP contribution in [0.15, 0.2) is 48.5 Å². The van der Waals surface area contributed by atoms with E-state index >= 15 is 0 Å². The second-order valence-electron chi connectivity index (χ2n) is 6.50. The number of likely N-dealkylation sites (N-methyl/N-ethyl adjacent to an activating group) is 1. The zero-order valence-corrected chi connectivity index (χ0v) is 13.9. The molecule has 1 aliphatic heterocycles. The van der Waals surface area contributed by atoms with Gasteiger partial charge >= 0.3 is 0 Å². The average molecular weight is 306 g/mol. The number of aromatic nitrogens is 1. The molecule has 1 aliphatic rings. The Hall–Kier alpha value is -2.42. The normalized spacial score (nSPS) is 17.2. The highest BCUT2D eigenvalue weighted by Crippen LogP contribution is 2.34. The van der Waals surface area contributed by atoms with E-state index in [-0.39, 0.29) is 0 Å². The molecule has 118 valence electrons. The van der Waals surface area contributed by atoms with E-state index in [9.17, 15) is 0 Å². The summed E-state index contributed by atoms with van der Waals surface area (Å²) >= 11 is 0. The highest BCUT2D eigenvalue weighted by Gasteiger charge is 2.25. The fourth-order valence-corrected chi connectivity index (χ4v) is 3.50. The van der Waals surface area contributed by atoms with E-state index in [1.165, 1.54) is 27.8 Å². The topological polar surface area (TPSA) is 17.4 Å². The van der Waals surface area contributed by atoms with Gasteiger partial charge in [-0.05, 0) is 42.1 Å². The number of anilines is 1. The van der Waals surface area contributed by atoms with E-state index in [4.69, 9.17) is 4.74 Å². The summed E-state index contributed by atoms with van der Waals surface area (Å²) in [4.78, 5) is 2.36. The lowest BCUT2D eigenvalue weighted by Gasteiger charge is -2.36. The van der Waals surface area contributed by atoms with Crippen LogP contribution in [0.5, 0.6) is 5.75 Å². The van der Waals surface area contributed by atoms with E-state index in [2.05, 4.69) is 79.0 Å². The highest BCUT2D eigenvalue weighted by molar-refractivity contribution is 5.81. The standard InChI is InChI=1S/C20H22N2O/c1-14-8-9-19-20(10-14)23-13-17(22(19)3)12-16-11-15-6-4-5-7-18(15)21(16)2/h4-11,17H,12-13H2,1-3H3. The van der Waals surface area contributed by atoms with Gasteiger partial charge in [-0.3, -0.25) is 0 Å². The number of fused-ring (bicyclic) bond motifs is 2. The summed E-state index contributed by atoms with van der Waals surface area (Å²) < 4.78 is 8.32. The summed E-state index contributed by atoms with van der Waals surface area (Å²) in [5.74, 6) is 1.00. The number of para-hydroxylation sites is 1. The lowest BCUT2D eigenvalue weighted by molar-refractivity contribution is 0.264. The Morgan fingerprint density at radius 3 is 2.74 bits per heavy atom. The van der Waals surface area contributed by atoms with Crippen molar-refractivity contribution in [1.29, 1.82) is 0 Å². The largest absolute Gasteiger partial charge is 0.489 e. The molecule has 4 rings (SSSR count). The fraction of sp³-hybridized carbons (Fsp3) is 0.300. The van der Waals surface area contributed by atoms with E-state index in [1.807, 2.05) is 0 Å². The molecule has 0 amide bonds. The number of benzene rings is 2. The molecule has 0 saturated carbocycles. The van der Waals surface area contributed by atoms with Crippen LogP contribution in [0.1, 0.15) is 11.3 Å². The maximum atomic E-state index is 6.02. The molecule has 0 fully saturated rings. The Morgan fingerprint density at radius 2 is 1.91 bits per heavy atom. The maximum Gasteiger partial charge on any atom is 0.142 e. The smallest absolute Gasteiger partial charge is 0.142 e. The van der Waals surface area contributed by atoms with E-state index in [0.717, 1.165) is 18.8 Å². The lowest BCUT2D eigenvalue weighted by atomic mass is 10.1. The van der Waals surface area contributed by atoms with Crippen LogP contribution in [0.25, 0.3) is 10.9 Å². The summed E-state index contributed by atoms with van der Waals surface area (Å²) in [5, 5.41) is 1.31. The molecule has 1 atom stereocenters. The van der Waals surface area contributed by atoms with Crippen molar-refractivity contribution in [2.45, 2.75) is 19.4 Å². The summed E-state index contributed by atoms with van der Waals surface area (Å²) in [5.41, 5.74) is 5.06. The maximum absolute atomic E-state index is 6.02. The first kappa shape index (κ1) is 14.2. The zero-order chi connectivity index (χ0) is 16.0. The lowest BCUT2D eigenvalue weighted by Crippen LogP contribution is -2.42. The van der Waals surface area contributed by atoms with Crippen molar-refractivity contribution >= 4 is 16.6 Å². The first-order valence-electron chi connectivity index (χ1n) is 8.13. The Bertz CT molecular complexity index is 865. The molecule has 0 spiro atoms. The average Bonchev–Trinajstić information content (AvgIpc) is 2.87. The molecule has 1 unspecified atom stereocenters. The monoisotopic (exact) mass is 306 g/mol. The Kier molecular flexibility index (Phi) is 3.29. The molecular formula is C20H22N2O. The number of ether oxygens (including phenoxy) is 1. The fourth-order valence-electron chi connectivity index (χ4n) is 3.50. The summed E-state index contributed by atoms with van der Waals surface area (Å²) in [6.07, 6.45) is 0.981. The molecule has 1 aromatic heterocycles. The van der Waals surface area contributed by atoms with Gasteiger partial charge in [-0.1, -0.05) is 24.3 Å². The number of rotatable bonds is 2. The molecule has 3 nitrogen and oxygen atoms in total. The summed E-state index contributed by atoms with van der Waals surface area (Å²) in [7, 11) is 4.32. The van der Waals surface area contributed by atoms with Gasteiger partial charge in [0.05, 0.1) is 11.7 Å². The minimum Gasteiger partial charge on any atom is -0.489 e. The molecule has 0 bridgehead atoms. The molecule has 0 aliphatic carbocycles. The van der Waals surface area contributed by atoms with Crippen molar-refractivity contribution < 1.29 is 4.74 Å². The second-order valence-corrected chi connectivity index (χ2v) is 6.50. The van der Waals surface area contributed by atoms with Crippen LogP contribution < -0.4 is 9.64 Å². The minimum atomic E-state index is 0.355. The van der Waals surface area contributed by atoms with Gasteiger partial charge in [0.1, 0.15) is 12.4 Å². The van der Waals surface area contributed by atoms with Crippen LogP contribution in [-0.4, -0.2) is 24.3 Å². The van der Waals surface area contributed by atoms with E-state index in [0.29, 0.717) is 6.04 Å². The minimum absolute atomic E-state index is 0.355. The van der Waals surface area contributed by atoms with Crippen molar-refractivity contribution in [1.82, 2.24) is 4.57 Å².